The third kappa shape index (κ3) is 5.05. The second-order valence-electron chi connectivity index (χ2n) is 8.17. The normalized spacial score (nSPS) is 25.2. The summed E-state index contributed by atoms with van der Waals surface area (Å²) in [6.45, 7) is 2.51. The predicted molar refractivity (Wildman–Crippen MR) is 106 cm³/mol. The highest BCUT2D eigenvalue weighted by atomic mass is 19.1. The second-order valence-corrected chi connectivity index (χ2v) is 8.17. The molecule has 1 aromatic carbocycles. The number of hydrogen-bond donors (Lipinski definition) is 1. The van der Waals surface area contributed by atoms with E-state index in [-0.39, 0.29) is 24.2 Å². The van der Waals surface area contributed by atoms with Crippen molar-refractivity contribution in [2.75, 3.05) is 47.4 Å². The Kier molecular flexibility index (Phi) is 7.08. The molecular weight excluding hydrogens is 380 g/mol. The molecule has 162 valence electrons. The number of rotatable bonds is 6. The maximum atomic E-state index is 14.1. The largest absolute Gasteiger partial charge is 0.493 e. The average Bonchev–Trinajstić information content (AvgIpc) is 2.67. The Balaban J connectivity index is 1.73. The molecule has 1 amide bonds. The quantitative estimate of drug-likeness (QED) is 0.778. The van der Waals surface area contributed by atoms with E-state index in [1.807, 2.05) is 0 Å². The van der Waals surface area contributed by atoms with Crippen LogP contribution < -0.4 is 10.1 Å². The maximum Gasteiger partial charge on any atom is 0.236 e. The lowest BCUT2D eigenvalue weighted by atomic mass is 9.78. The first-order chi connectivity index (χ1) is 13.8. The van der Waals surface area contributed by atoms with Crippen LogP contribution in [0.1, 0.15) is 31.2 Å². The number of methoxy groups -OCH3 is 1. The molecule has 8 heteroatoms. The number of nitrogens with one attached hydrogen (secondary N) is 1. The molecule has 0 unspecified atom stereocenters. The van der Waals surface area contributed by atoms with Gasteiger partial charge in [-0.3, -0.25) is 9.69 Å². The van der Waals surface area contributed by atoms with E-state index < -0.39 is 17.2 Å². The van der Waals surface area contributed by atoms with Gasteiger partial charge in [-0.05, 0) is 18.9 Å². The molecule has 2 aliphatic rings. The highest BCUT2D eigenvalue weighted by Crippen LogP contribution is 2.36. The molecular formula is C21H31F2N3O3. The van der Waals surface area contributed by atoms with Crippen LogP contribution >= 0.6 is 0 Å². The Hall–Kier alpha value is -1.77. The summed E-state index contributed by atoms with van der Waals surface area (Å²) in [6.07, 6.45) is 3.98. The smallest absolute Gasteiger partial charge is 0.236 e. The van der Waals surface area contributed by atoms with Crippen molar-refractivity contribution in [3.8, 4) is 5.75 Å². The Morgan fingerprint density at radius 1 is 1.38 bits per heavy atom. The van der Waals surface area contributed by atoms with Crippen molar-refractivity contribution < 1.29 is 23.0 Å². The molecule has 2 fully saturated rings. The monoisotopic (exact) mass is 411 g/mol. The molecule has 2 atom stereocenters. The van der Waals surface area contributed by atoms with E-state index in [2.05, 4.69) is 10.2 Å². The van der Waals surface area contributed by atoms with Crippen LogP contribution in [-0.2, 0) is 16.1 Å². The van der Waals surface area contributed by atoms with Crippen molar-refractivity contribution in [1.82, 2.24) is 15.1 Å². The number of halogens is 2. The van der Waals surface area contributed by atoms with Gasteiger partial charge in [0.1, 0.15) is 5.82 Å². The van der Waals surface area contributed by atoms with Crippen LogP contribution in [0.3, 0.4) is 0 Å². The molecule has 6 nitrogen and oxygen atoms in total. The topological polar surface area (TPSA) is 54.0 Å². The van der Waals surface area contributed by atoms with Gasteiger partial charge in [0.05, 0.1) is 25.9 Å². The maximum absolute atomic E-state index is 14.1. The Labute approximate surface area is 171 Å². The third-order valence-electron chi connectivity index (χ3n) is 5.95. The highest BCUT2D eigenvalue weighted by molar-refractivity contribution is 5.77. The van der Waals surface area contributed by atoms with Gasteiger partial charge in [-0.2, -0.15) is 0 Å². The predicted octanol–water partition coefficient (Wildman–Crippen LogP) is 2.16. The molecule has 1 heterocycles. The Morgan fingerprint density at radius 3 is 2.90 bits per heavy atom. The van der Waals surface area contributed by atoms with E-state index in [4.69, 9.17) is 9.47 Å². The van der Waals surface area contributed by atoms with Gasteiger partial charge in [-0.1, -0.05) is 12.8 Å². The van der Waals surface area contributed by atoms with E-state index >= 15 is 0 Å². The fourth-order valence-electron chi connectivity index (χ4n) is 4.45. The average molecular weight is 411 g/mol. The number of amides is 1. The minimum Gasteiger partial charge on any atom is -0.493 e. The minimum atomic E-state index is -0.690. The van der Waals surface area contributed by atoms with Crippen molar-refractivity contribution in [1.29, 1.82) is 0 Å². The van der Waals surface area contributed by atoms with Gasteiger partial charge in [0.2, 0.25) is 5.91 Å². The van der Waals surface area contributed by atoms with Crippen LogP contribution in [0.25, 0.3) is 0 Å². The van der Waals surface area contributed by atoms with Crippen molar-refractivity contribution >= 4 is 5.91 Å². The first-order valence-corrected chi connectivity index (χ1v) is 10.2. The van der Waals surface area contributed by atoms with Gasteiger partial charge in [0.25, 0.3) is 0 Å². The summed E-state index contributed by atoms with van der Waals surface area (Å²) in [5.74, 6) is -1.19. The zero-order valence-corrected chi connectivity index (χ0v) is 17.5. The van der Waals surface area contributed by atoms with E-state index in [0.717, 1.165) is 31.7 Å². The summed E-state index contributed by atoms with van der Waals surface area (Å²) in [5.41, 5.74) is 0.0903. The molecule has 0 aromatic heterocycles. The molecule has 1 spiro atoms. The Bertz CT molecular complexity index is 727. The molecule has 29 heavy (non-hydrogen) atoms. The first-order valence-electron chi connectivity index (χ1n) is 10.2. The number of carbonyl (C=O) groups excluding carboxylic acids is 1. The lowest BCUT2D eigenvalue weighted by Crippen LogP contribution is -2.63. The number of likely N-dealkylation sites (N-methyl/N-ethyl adjacent to an activating group) is 1. The minimum absolute atomic E-state index is 0.0263. The molecule has 1 N–H and O–H groups in total. The number of benzene rings is 1. The van der Waals surface area contributed by atoms with Gasteiger partial charge in [0, 0.05) is 51.4 Å². The summed E-state index contributed by atoms with van der Waals surface area (Å²) >= 11 is 0. The number of nitrogens with zero attached hydrogens (tertiary/aromatic N) is 2. The summed E-state index contributed by atoms with van der Waals surface area (Å²) in [5, 5.41) is 3.40. The fraction of sp³-hybridized carbons (Fsp3) is 0.667. The van der Waals surface area contributed by atoms with E-state index in [1.54, 1.807) is 19.0 Å². The first kappa shape index (κ1) is 21.9. The number of ether oxygens (including phenoxy) is 2. The van der Waals surface area contributed by atoms with Gasteiger partial charge in [-0.15, -0.1) is 0 Å². The zero-order chi connectivity index (χ0) is 21.0. The van der Waals surface area contributed by atoms with E-state index in [1.165, 1.54) is 13.2 Å². The highest BCUT2D eigenvalue weighted by Gasteiger charge is 2.45. The standard InChI is InChI=1S/C21H31F2N3O3/c1-25(2)19(27)12-24-18-6-4-5-7-21(18)14-26(8-9-29-21)13-15-10-16(22)11-17(23)20(15)28-3/h10-11,18,24H,4-9,12-14H2,1-3H3/t18-,21-/m0/s1. The lowest BCUT2D eigenvalue weighted by molar-refractivity contribution is -0.147. The molecule has 1 aliphatic carbocycles. The summed E-state index contributed by atoms with van der Waals surface area (Å²) < 4.78 is 39.3. The number of carbonyl (C=O) groups is 1. The van der Waals surface area contributed by atoms with Crippen LogP contribution in [-0.4, -0.2) is 74.8 Å². The van der Waals surface area contributed by atoms with E-state index in [9.17, 15) is 13.6 Å². The summed E-state index contributed by atoms with van der Waals surface area (Å²) in [6, 6.07) is 2.23. The van der Waals surface area contributed by atoms with Crippen LogP contribution in [0.15, 0.2) is 12.1 Å². The van der Waals surface area contributed by atoms with Gasteiger partial charge in [-0.25, -0.2) is 8.78 Å². The third-order valence-corrected chi connectivity index (χ3v) is 5.95. The molecule has 0 radical (unpaired) electrons. The van der Waals surface area contributed by atoms with E-state index in [0.29, 0.717) is 31.8 Å². The van der Waals surface area contributed by atoms with Crippen molar-refractivity contribution in [3.05, 3.63) is 29.3 Å². The molecule has 1 saturated heterocycles. The van der Waals surface area contributed by atoms with Crippen LogP contribution in [0.4, 0.5) is 8.78 Å². The fourth-order valence-corrected chi connectivity index (χ4v) is 4.45. The van der Waals surface area contributed by atoms with Crippen molar-refractivity contribution in [3.63, 3.8) is 0 Å². The zero-order valence-electron chi connectivity index (χ0n) is 17.5. The van der Waals surface area contributed by atoms with Crippen molar-refractivity contribution in [2.24, 2.45) is 0 Å². The molecule has 1 aromatic rings. The van der Waals surface area contributed by atoms with Gasteiger partial charge in [0.15, 0.2) is 11.6 Å². The second kappa shape index (κ2) is 9.36. The summed E-state index contributed by atoms with van der Waals surface area (Å²) in [4.78, 5) is 15.8. The van der Waals surface area contributed by atoms with Crippen LogP contribution in [0.2, 0.25) is 0 Å². The van der Waals surface area contributed by atoms with Crippen LogP contribution in [0.5, 0.6) is 5.75 Å². The number of morpholine rings is 1. The van der Waals surface area contributed by atoms with Crippen LogP contribution in [0, 0.1) is 11.6 Å². The molecule has 0 bridgehead atoms. The Morgan fingerprint density at radius 2 is 2.17 bits per heavy atom. The van der Waals surface area contributed by atoms with Crippen molar-refractivity contribution in [2.45, 2.75) is 43.9 Å². The van der Waals surface area contributed by atoms with Gasteiger partial charge < -0.3 is 19.7 Å². The molecule has 1 saturated carbocycles. The SMILES string of the molecule is COc1c(F)cc(F)cc1CN1CCO[C@@]2(CCCC[C@@H]2NCC(=O)N(C)C)C1. The van der Waals surface area contributed by atoms with Gasteiger partial charge >= 0.3 is 0 Å². The molecule has 1 aliphatic heterocycles. The molecule has 3 rings (SSSR count). The number of hydrogen-bond acceptors (Lipinski definition) is 5. The summed E-state index contributed by atoms with van der Waals surface area (Å²) in [7, 11) is 4.87. The lowest BCUT2D eigenvalue weighted by Gasteiger charge is -2.50.